The van der Waals surface area contributed by atoms with E-state index in [-0.39, 0.29) is 23.8 Å². The molecule has 0 aromatic heterocycles. The highest BCUT2D eigenvalue weighted by molar-refractivity contribution is 5.94. The van der Waals surface area contributed by atoms with Crippen molar-refractivity contribution in [3.8, 4) is 0 Å². The van der Waals surface area contributed by atoms with Crippen molar-refractivity contribution in [3.63, 3.8) is 0 Å². The number of amides is 2. The van der Waals surface area contributed by atoms with E-state index in [2.05, 4.69) is 15.5 Å². The maximum Gasteiger partial charge on any atom is 0.225 e. The van der Waals surface area contributed by atoms with Gasteiger partial charge in [-0.05, 0) is 62.9 Å². The lowest BCUT2D eigenvalue weighted by molar-refractivity contribution is -0.117. The average molecular weight is 373 g/mol. The predicted octanol–water partition coefficient (Wildman–Crippen LogP) is 2.96. The summed E-state index contributed by atoms with van der Waals surface area (Å²) >= 11 is 0. The molecule has 1 saturated heterocycles. The van der Waals surface area contributed by atoms with E-state index in [1.54, 1.807) is 0 Å². The molecule has 6 heteroatoms. The largest absolute Gasteiger partial charge is 0.327 e. The SMILES string of the molecule is N[C@@H]1CCC[C@H]1CC(=O)Nc1cccc(NC(=O)CCN2CCCCC2)c1. The lowest BCUT2D eigenvalue weighted by Crippen LogP contribution is -2.32. The van der Waals surface area contributed by atoms with E-state index in [0.717, 1.165) is 38.9 Å². The molecule has 3 rings (SSSR count). The Hall–Kier alpha value is -1.92. The smallest absolute Gasteiger partial charge is 0.225 e. The Morgan fingerprint density at radius 1 is 1.00 bits per heavy atom. The number of anilines is 2. The molecular weight excluding hydrogens is 340 g/mol. The van der Waals surface area contributed by atoms with Crippen LogP contribution in [0.1, 0.15) is 51.4 Å². The first-order chi connectivity index (χ1) is 13.1. The molecule has 0 bridgehead atoms. The maximum atomic E-state index is 12.3. The van der Waals surface area contributed by atoms with Gasteiger partial charge in [0.15, 0.2) is 0 Å². The summed E-state index contributed by atoms with van der Waals surface area (Å²) in [6, 6.07) is 7.49. The number of nitrogens with two attached hydrogens (primary N) is 1. The number of carbonyl (C=O) groups excluding carboxylic acids is 2. The minimum Gasteiger partial charge on any atom is -0.327 e. The van der Waals surface area contributed by atoms with Crippen LogP contribution in [0.3, 0.4) is 0 Å². The summed E-state index contributed by atoms with van der Waals surface area (Å²) in [5.74, 6) is 0.287. The van der Waals surface area contributed by atoms with E-state index >= 15 is 0 Å². The summed E-state index contributed by atoms with van der Waals surface area (Å²) in [6.45, 7) is 3.00. The molecule has 1 aromatic carbocycles. The van der Waals surface area contributed by atoms with Gasteiger partial charge in [-0.15, -0.1) is 0 Å². The van der Waals surface area contributed by atoms with Crippen molar-refractivity contribution >= 4 is 23.2 Å². The van der Waals surface area contributed by atoms with E-state index in [1.165, 1.54) is 19.3 Å². The van der Waals surface area contributed by atoms with Gasteiger partial charge in [-0.2, -0.15) is 0 Å². The number of benzene rings is 1. The molecule has 2 aliphatic rings. The number of piperidine rings is 1. The number of carbonyl (C=O) groups is 2. The van der Waals surface area contributed by atoms with E-state index < -0.39 is 0 Å². The Morgan fingerprint density at radius 2 is 1.70 bits per heavy atom. The van der Waals surface area contributed by atoms with Crippen molar-refractivity contribution in [1.29, 1.82) is 0 Å². The topological polar surface area (TPSA) is 87.5 Å². The Kier molecular flexibility index (Phi) is 7.24. The molecule has 148 valence electrons. The number of hydrogen-bond acceptors (Lipinski definition) is 4. The van der Waals surface area contributed by atoms with E-state index in [4.69, 9.17) is 5.73 Å². The van der Waals surface area contributed by atoms with Gasteiger partial charge in [0.05, 0.1) is 0 Å². The van der Waals surface area contributed by atoms with Crippen LogP contribution in [0.25, 0.3) is 0 Å². The number of nitrogens with zero attached hydrogens (tertiary/aromatic N) is 1. The van der Waals surface area contributed by atoms with Crippen molar-refractivity contribution in [3.05, 3.63) is 24.3 Å². The second-order valence-corrected chi connectivity index (χ2v) is 7.89. The van der Waals surface area contributed by atoms with Gasteiger partial charge < -0.3 is 21.3 Å². The summed E-state index contributed by atoms with van der Waals surface area (Å²) < 4.78 is 0. The van der Waals surface area contributed by atoms with Gasteiger partial charge in [-0.3, -0.25) is 9.59 Å². The summed E-state index contributed by atoms with van der Waals surface area (Å²) in [5.41, 5.74) is 7.48. The quantitative estimate of drug-likeness (QED) is 0.687. The Bertz CT molecular complexity index is 643. The number of hydrogen-bond donors (Lipinski definition) is 3. The third kappa shape index (κ3) is 6.33. The van der Waals surface area contributed by atoms with Crippen LogP contribution in [0.15, 0.2) is 24.3 Å². The standard InChI is InChI=1S/C21H32N4O2/c22-19-9-4-6-16(19)14-21(27)24-18-8-5-7-17(15-18)23-20(26)10-13-25-11-2-1-3-12-25/h5,7-8,15-16,19H,1-4,6,9-14,22H2,(H,23,26)(H,24,27)/t16-,19+/m0/s1. The van der Waals surface area contributed by atoms with Crippen molar-refractivity contribution in [2.24, 2.45) is 11.7 Å². The number of likely N-dealkylation sites (tertiary alicyclic amines) is 1. The number of rotatable bonds is 7. The van der Waals surface area contributed by atoms with Crippen molar-refractivity contribution in [2.45, 2.75) is 57.4 Å². The van der Waals surface area contributed by atoms with Gasteiger partial charge in [0.2, 0.25) is 11.8 Å². The monoisotopic (exact) mass is 372 g/mol. The third-order valence-electron chi connectivity index (χ3n) is 5.70. The highest BCUT2D eigenvalue weighted by Gasteiger charge is 2.26. The lowest BCUT2D eigenvalue weighted by Gasteiger charge is -2.25. The fourth-order valence-electron chi connectivity index (χ4n) is 4.11. The summed E-state index contributed by atoms with van der Waals surface area (Å²) in [4.78, 5) is 26.8. The Balaban J connectivity index is 1.44. The molecule has 6 nitrogen and oxygen atoms in total. The van der Waals surface area contributed by atoms with Gasteiger partial charge in [0.1, 0.15) is 0 Å². The molecule has 1 aliphatic carbocycles. The highest BCUT2D eigenvalue weighted by Crippen LogP contribution is 2.27. The van der Waals surface area contributed by atoms with Gasteiger partial charge in [-0.25, -0.2) is 0 Å². The molecule has 0 spiro atoms. The predicted molar refractivity (Wildman–Crippen MR) is 109 cm³/mol. The normalized spacial score (nSPS) is 23.1. The molecule has 1 aliphatic heterocycles. The molecule has 1 saturated carbocycles. The fourth-order valence-corrected chi connectivity index (χ4v) is 4.11. The molecular formula is C21H32N4O2. The van der Waals surface area contributed by atoms with Crippen LogP contribution in [0.5, 0.6) is 0 Å². The molecule has 2 fully saturated rings. The number of nitrogens with one attached hydrogen (secondary N) is 2. The van der Waals surface area contributed by atoms with Crippen molar-refractivity contribution < 1.29 is 9.59 Å². The summed E-state index contributed by atoms with van der Waals surface area (Å²) in [6.07, 6.45) is 7.87. The molecule has 1 aromatic rings. The molecule has 0 radical (unpaired) electrons. The summed E-state index contributed by atoms with van der Waals surface area (Å²) in [7, 11) is 0. The van der Waals surface area contributed by atoms with Crippen molar-refractivity contribution in [1.82, 2.24) is 4.90 Å². The molecule has 2 atom stereocenters. The van der Waals surface area contributed by atoms with Gasteiger partial charge in [-0.1, -0.05) is 18.9 Å². The van der Waals surface area contributed by atoms with Crippen LogP contribution in [0.2, 0.25) is 0 Å². The van der Waals surface area contributed by atoms with Crippen LogP contribution in [-0.4, -0.2) is 42.4 Å². The van der Waals surface area contributed by atoms with Crippen LogP contribution >= 0.6 is 0 Å². The minimum absolute atomic E-state index is 0.00840. The van der Waals surface area contributed by atoms with Crippen LogP contribution in [0.4, 0.5) is 11.4 Å². The van der Waals surface area contributed by atoms with E-state index in [1.807, 2.05) is 24.3 Å². The van der Waals surface area contributed by atoms with Gasteiger partial charge in [0.25, 0.3) is 0 Å². The zero-order valence-electron chi connectivity index (χ0n) is 16.1. The van der Waals surface area contributed by atoms with Crippen LogP contribution in [0, 0.1) is 5.92 Å². The molecule has 27 heavy (non-hydrogen) atoms. The fraction of sp³-hybridized carbons (Fsp3) is 0.619. The molecule has 0 unspecified atom stereocenters. The second kappa shape index (κ2) is 9.85. The first kappa shape index (κ1) is 19.8. The van der Waals surface area contributed by atoms with Gasteiger partial charge >= 0.3 is 0 Å². The maximum absolute atomic E-state index is 12.3. The first-order valence-electron chi connectivity index (χ1n) is 10.3. The lowest BCUT2D eigenvalue weighted by atomic mass is 10.00. The molecule has 4 N–H and O–H groups in total. The zero-order chi connectivity index (χ0) is 19.1. The van der Waals surface area contributed by atoms with E-state index in [0.29, 0.717) is 24.2 Å². The van der Waals surface area contributed by atoms with Crippen LogP contribution in [-0.2, 0) is 9.59 Å². The Morgan fingerprint density at radius 3 is 2.37 bits per heavy atom. The summed E-state index contributed by atoms with van der Waals surface area (Å²) in [5, 5.41) is 5.87. The molecule has 2 amide bonds. The van der Waals surface area contributed by atoms with Crippen LogP contribution < -0.4 is 16.4 Å². The minimum atomic E-state index is -0.00840. The first-order valence-corrected chi connectivity index (χ1v) is 10.3. The Labute approximate surface area is 161 Å². The third-order valence-corrected chi connectivity index (χ3v) is 5.70. The highest BCUT2D eigenvalue weighted by atomic mass is 16.2. The van der Waals surface area contributed by atoms with E-state index in [9.17, 15) is 9.59 Å². The average Bonchev–Trinajstić information content (AvgIpc) is 3.05. The van der Waals surface area contributed by atoms with Gasteiger partial charge in [0, 0.05) is 36.8 Å². The second-order valence-electron chi connectivity index (χ2n) is 7.89. The molecule has 1 heterocycles. The zero-order valence-corrected chi connectivity index (χ0v) is 16.1. The van der Waals surface area contributed by atoms with Crippen molar-refractivity contribution in [2.75, 3.05) is 30.3 Å².